The minimum atomic E-state index is -0.795. The minimum absolute atomic E-state index is 0.168. The summed E-state index contributed by atoms with van der Waals surface area (Å²) in [5.74, 6) is -0.957. The Bertz CT molecular complexity index is 480. The van der Waals surface area contributed by atoms with E-state index in [2.05, 4.69) is 10.3 Å². The van der Waals surface area contributed by atoms with E-state index >= 15 is 0 Å². The average molecular weight is 290 g/mol. The number of carbonyl (C=O) groups is 2. The van der Waals surface area contributed by atoms with E-state index in [1.165, 1.54) is 0 Å². The van der Waals surface area contributed by atoms with Crippen molar-refractivity contribution in [2.75, 3.05) is 6.54 Å². The van der Waals surface area contributed by atoms with E-state index in [-0.39, 0.29) is 18.9 Å². The van der Waals surface area contributed by atoms with Crippen LogP contribution in [-0.4, -0.2) is 28.5 Å². The van der Waals surface area contributed by atoms with Crippen LogP contribution in [0.5, 0.6) is 0 Å². The highest BCUT2D eigenvalue weighted by Gasteiger charge is 2.38. The molecule has 0 bridgehead atoms. The summed E-state index contributed by atoms with van der Waals surface area (Å²) in [5, 5.41) is 12.3. The molecule has 5 nitrogen and oxygen atoms in total. The monoisotopic (exact) mass is 290 g/mol. The van der Waals surface area contributed by atoms with Gasteiger partial charge in [0.2, 0.25) is 5.91 Å². The molecule has 5 heteroatoms. The number of pyridine rings is 1. The number of carboxylic acid groups (broad SMARTS) is 1. The first-order chi connectivity index (χ1) is 10.1. The second-order valence-corrected chi connectivity index (χ2v) is 5.77. The van der Waals surface area contributed by atoms with Crippen molar-refractivity contribution in [1.29, 1.82) is 0 Å². The smallest absolute Gasteiger partial charge is 0.311 e. The first-order valence-corrected chi connectivity index (χ1v) is 7.52. The van der Waals surface area contributed by atoms with Crippen LogP contribution in [0.15, 0.2) is 24.4 Å². The molecule has 2 rings (SSSR count). The maximum Gasteiger partial charge on any atom is 0.311 e. The second-order valence-electron chi connectivity index (χ2n) is 5.77. The first-order valence-electron chi connectivity index (χ1n) is 7.52. The molecule has 0 spiro atoms. The number of amides is 1. The highest BCUT2D eigenvalue weighted by molar-refractivity contribution is 5.80. The molecule has 1 saturated carbocycles. The Morgan fingerprint density at radius 2 is 1.90 bits per heavy atom. The summed E-state index contributed by atoms with van der Waals surface area (Å²) >= 11 is 0. The Morgan fingerprint density at radius 3 is 2.48 bits per heavy atom. The highest BCUT2D eigenvalue weighted by Crippen LogP contribution is 2.34. The third kappa shape index (κ3) is 4.28. The molecule has 0 radical (unpaired) electrons. The first kappa shape index (κ1) is 15.5. The number of nitrogens with one attached hydrogen (secondary N) is 1. The molecular weight excluding hydrogens is 268 g/mol. The molecule has 0 aromatic carbocycles. The lowest BCUT2D eigenvalue weighted by Gasteiger charge is -2.28. The molecule has 1 heterocycles. The summed E-state index contributed by atoms with van der Waals surface area (Å²) in [7, 11) is 0. The molecule has 1 amide bonds. The fourth-order valence-corrected chi connectivity index (χ4v) is 2.87. The van der Waals surface area contributed by atoms with Crippen LogP contribution in [0, 0.1) is 5.41 Å². The van der Waals surface area contributed by atoms with Gasteiger partial charge in [0.05, 0.1) is 11.8 Å². The van der Waals surface area contributed by atoms with E-state index in [1.807, 2.05) is 6.07 Å². The number of nitrogens with zero attached hydrogens (tertiary/aromatic N) is 1. The third-order valence-corrected chi connectivity index (χ3v) is 4.21. The van der Waals surface area contributed by atoms with Gasteiger partial charge in [0.25, 0.3) is 0 Å². The lowest BCUT2D eigenvalue weighted by Crippen LogP contribution is -2.43. The van der Waals surface area contributed by atoms with E-state index in [4.69, 9.17) is 0 Å². The number of aromatic nitrogens is 1. The predicted molar refractivity (Wildman–Crippen MR) is 78.7 cm³/mol. The number of hydrogen-bond acceptors (Lipinski definition) is 3. The molecule has 1 fully saturated rings. The number of carbonyl (C=O) groups excluding carboxylic acids is 1. The maximum absolute atomic E-state index is 12.0. The van der Waals surface area contributed by atoms with E-state index in [0.29, 0.717) is 18.5 Å². The fourth-order valence-electron chi connectivity index (χ4n) is 2.87. The zero-order valence-corrected chi connectivity index (χ0v) is 12.2. The summed E-state index contributed by atoms with van der Waals surface area (Å²) in [6, 6.07) is 5.42. The summed E-state index contributed by atoms with van der Waals surface area (Å²) in [5.41, 5.74) is -0.101. The standard InChI is InChI=1S/C16H22N2O3/c19-14(11-13-7-3-6-10-17-13)18-12-16(15(20)21)8-4-1-2-5-9-16/h3,6-7,10H,1-2,4-5,8-9,11-12H2,(H,18,19)(H,20,21). The highest BCUT2D eigenvalue weighted by atomic mass is 16.4. The van der Waals surface area contributed by atoms with Gasteiger partial charge in [-0.3, -0.25) is 14.6 Å². The topological polar surface area (TPSA) is 79.3 Å². The molecule has 0 saturated heterocycles. The Morgan fingerprint density at radius 1 is 1.19 bits per heavy atom. The second kappa shape index (κ2) is 7.20. The Labute approximate surface area is 124 Å². The van der Waals surface area contributed by atoms with Crippen LogP contribution in [0.2, 0.25) is 0 Å². The summed E-state index contributed by atoms with van der Waals surface area (Å²) in [6.45, 7) is 0.216. The van der Waals surface area contributed by atoms with Crippen LogP contribution in [0.4, 0.5) is 0 Å². The predicted octanol–water partition coefficient (Wildman–Crippen LogP) is 2.17. The summed E-state index contributed by atoms with van der Waals surface area (Å²) in [6.07, 6.45) is 7.13. The van der Waals surface area contributed by atoms with Gasteiger partial charge in [-0.05, 0) is 25.0 Å². The number of hydrogen-bond donors (Lipinski definition) is 2. The van der Waals surface area contributed by atoms with Crippen molar-refractivity contribution < 1.29 is 14.7 Å². The van der Waals surface area contributed by atoms with Crippen molar-refractivity contribution in [1.82, 2.24) is 10.3 Å². The number of carboxylic acids is 1. The molecular formula is C16H22N2O3. The van der Waals surface area contributed by atoms with Crippen molar-refractivity contribution >= 4 is 11.9 Å². The van der Waals surface area contributed by atoms with Crippen molar-refractivity contribution in [3.63, 3.8) is 0 Å². The largest absolute Gasteiger partial charge is 0.481 e. The van der Waals surface area contributed by atoms with Crippen LogP contribution in [0.3, 0.4) is 0 Å². The normalized spacial score (nSPS) is 17.7. The van der Waals surface area contributed by atoms with Crippen LogP contribution < -0.4 is 5.32 Å². The lowest BCUT2D eigenvalue weighted by atomic mass is 9.80. The van der Waals surface area contributed by atoms with Crippen molar-refractivity contribution in [3.8, 4) is 0 Å². The van der Waals surface area contributed by atoms with E-state index in [1.54, 1.807) is 18.3 Å². The molecule has 21 heavy (non-hydrogen) atoms. The molecule has 0 atom stereocenters. The van der Waals surface area contributed by atoms with Gasteiger partial charge < -0.3 is 10.4 Å². The number of rotatable bonds is 5. The zero-order valence-electron chi connectivity index (χ0n) is 12.2. The average Bonchev–Trinajstić information content (AvgIpc) is 2.73. The lowest BCUT2D eigenvalue weighted by molar-refractivity contribution is -0.149. The van der Waals surface area contributed by atoms with Crippen molar-refractivity contribution in [2.24, 2.45) is 5.41 Å². The van der Waals surface area contributed by atoms with Gasteiger partial charge in [0, 0.05) is 18.4 Å². The fraction of sp³-hybridized carbons (Fsp3) is 0.562. The van der Waals surface area contributed by atoms with E-state index < -0.39 is 11.4 Å². The van der Waals surface area contributed by atoms with Crippen LogP contribution in [0.25, 0.3) is 0 Å². The van der Waals surface area contributed by atoms with Crippen LogP contribution in [0.1, 0.15) is 44.2 Å². The van der Waals surface area contributed by atoms with E-state index in [9.17, 15) is 14.7 Å². The Hall–Kier alpha value is -1.91. The number of aliphatic carboxylic acids is 1. The molecule has 2 N–H and O–H groups in total. The van der Waals surface area contributed by atoms with Crippen molar-refractivity contribution in [2.45, 2.75) is 44.9 Å². The van der Waals surface area contributed by atoms with Crippen LogP contribution >= 0.6 is 0 Å². The molecule has 0 aliphatic heterocycles. The van der Waals surface area contributed by atoms with Gasteiger partial charge in [-0.15, -0.1) is 0 Å². The quantitative estimate of drug-likeness (QED) is 0.814. The molecule has 1 aliphatic rings. The van der Waals surface area contributed by atoms with Gasteiger partial charge in [0.15, 0.2) is 0 Å². The molecule has 1 aromatic heterocycles. The Kier molecular flexibility index (Phi) is 5.31. The zero-order chi connectivity index (χ0) is 15.1. The van der Waals surface area contributed by atoms with E-state index in [0.717, 1.165) is 25.7 Å². The van der Waals surface area contributed by atoms with Crippen LogP contribution in [-0.2, 0) is 16.0 Å². The van der Waals surface area contributed by atoms with Gasteiger partial charge in [-0.1, -0.05) is 31.7 Å². The van der Waals surface area contributed by atoms with Gasteiger partial charge in [-0.2, -0.15) is 0 Å². The third-order valence-electron chi connectivity index (χ3n) is 4.21. The minimum Gasteiger partial charge on any atom is -0.481 e. The molecule has 114 valence electrons. The van der Waals surface area contributed by atoms with Gasteiger partial charge in [-0.25, -0.2) is 0 Å². The SMILES string of the molecule is O=C(Cc1ccccn1)NCC1(C(=O)O)CCCCCC1. The molecule has 1 aliphatic carbocycles. The maximum atomic E-state index is 12.0. The molecule has 1 aromatic rings. The van der Waals surface area contributed by atoms with Gasteiger partial charge in [0.1, 0.15) is 0 Å². The molecule has 0 unspecified atom stereocenters. The van der Waals surface area contributed by atoms with Gasteiger partial charge >= 0.3 is 5.97 Å². The van der Waals surface area contributed by atoms with Crippen molar-refractivity contribution in [3.05, 3.63) is 30.1 Å². The summed E-state index contributed by atoms with van der Waals surface area (Å²) < 4.78 is 0. The summed E-state index contributed by atoms with van der Waals surface area (Å²) in [4.78, 5) is 27.7. The Balaban J connectivity index is 1.92.